The van der Waals surface area contributed by atoms with Gasteiger partial charge in [0, 0.05) is 19.0 Å². The summed E-state index contributed by atoms with van der Waals surface area (Å²) < 4.78 is 0. The van der Waals surface area contributed by atoms with Crippen LogP contribution in [0, 0.1) is 5.92 Å². The van der Waals surface area contributed by atoms with Gasteiger partial charge in [-0.2, -0.15) is 0 Å². The maximum Gasteiger partial charge on any atom is 0.222 e. The molecule has 0 radical (unpaired) electrons. The Bertz CT molecular complexity index is 198. The number of rotatable bonds is 9. The van der Waals surface area contributed by atoms with Gasteiger partial charge in [0.15, 0.2) is 0 Å². The third-order valence-electron chi connectivity index (χ3n) is 3.32. The molecule has 0 spiro atoms. The lowest BCUT2D eigenvalue weighted by Gasteiger charge is -2.26. The molecule has 1 amide bonds. The van der Waals surface area contributed by atoms with E-state index < -0.39 is 0 Å². The molecule has 0 aromatic carbocycles. The first-order valence-corrected chi connectivity index (χ1v) is 7.06. The number of carbonyl (C=O) groups is 1. The fourth-order valence-corrected chi connectivity index (χ4v) is 2.38. The molecule has 2 N–H and O–H groups in total. The van der Waals surface area contributed by atoms with Gasteiger partial charge in [-0.15, -0.1) is 0 Å². The van der Waals surface area contributed by atoms with Gasteiger partial charge in [0.25, 0.3) is 0 Å². The molecule has 0 saturated carbocycles. The van der Waals surface area contributed by atoms with Crippen molar-refractivity contribution >= 4 is 5.91 Å². The SMILES string of the molecule is CCCC(CCN)CCC(=O)N(CC)C(C)C. The zero-order valence-corrected chi connectivity index (χ0v) is 12.0. The molecule has 0 aromatic heterocycles. The minimum atomic E-state index is 0.292. The van der Waals surface area contributed by atoms with Crippen LogP contribution in [-0.4, -0.2) is 29.9 Å². The summed E-state index contributed by atoms with van der Waals surface area (Å²) in [6, 6.07) is 0.312. The summed E-state index contributed by atoms with van der Waals surface area (Å²) >= 11 is 0. The number of carbonyl (C=O) groups excluding carboxylic acids is 1. The molecule has 0 bridgehead atoms. The fourth-order valence-electron chi connectivity index (χ4n) is 2.38. The summed E-state index contributed by atoms with van der Waals surface area (Å²) in [4.78, 5) is 14.0. The molecule has 0 heterocycles. The van der Waals surface area contributed by atoms with E-state index in [-0.39, 0.29) is 0 Å². The van der Waals surface area contributed by atoms with E-state index in [1.165, 1.54) is 12.8 Å². The van der Waals surface area contributed by atoms with E-state index >= 15 is 0 Å². The Morgan fingerprint density at radius 3 is 2.24 bits per heavy atom. The Morgan fingerprint density at radius 2 is 1.82 bits per heavy atom. The highest BCUT2D eigenvalue weighted by Crippen LogP contribution is 2.18. The van der Waals surface area contributed by atoms with Crippen LogP contribution >= 0.6 is 0 Å². The normalized spacial score (nSPS) is 12.8. The topological polar surface area (TPSA) is 46.3 Å². The summed E-state index contributed by atoms with van der Waals surface area (Å²) in [5.41, 5.74) is 5.60. The van der Waals surface area contributed by atoms with Crippen molar-refractivity contribution in [3.8, 4) is 0 Å². The van der Waals surface area contributed by atoms with Gasteiger partial charge in [0.05, 0.1) is 0 Å². The fraction of sp³-hybridized carbons (Fsp3) is 0.929. The van der Waals surface area contributed by atoms with Crippen LogP contribution in [0.1, 0.15) is 59.8 Å². The molecule has 0 aromatic rings. The van der Waals surface area contributed by atoms with E-state index in [1.807, 2.05) is 11.8 Å². The second kappa shape index (κ2) is 9.46. The number of nitrogens with two attached hydrogens (primary N) is 1. The molecule has 1 unspecified atom stereocenters. The Kier molecular flexibility index (Phi) is 9.14. The summed E-state index contributed by atoms with van der Waals surface area (Å²) in [7, 11) is 0. The van der Waals surface area contributed by atoms with E-state index in [2.05, 4.69) is 20.8 Å². The van der Waals surface area contributed by atoms with Crippen LogP contribution in [0.2, 0.25) is 0 Å². The molecule has 17 heavy (non-hydrogen) atoms. The first kappa shape index (κ1) is 16.4. The smallest absolute Gasteiger partial charge is 0.222 e. The van der Waals surface area contributed by atoms with Gasteiger partial charge in [0.2, 0.25) is 5.91 Å². The van der Waals surface area contributed by atoms with Crippen molar-refractivity contribution < 1.29 is 4.79 Å². The largest absolute Gasteiger partial charge is 0.341 e. The maximum absolute atomic E-state index is 12.0. The molecule has 0 aliphatic rings. The number of nitrogens with zero attached hydrogens (tertiary/aromatic N) is 1. The molecule has 0 rings (SSSR count). The Balaban J connectivity index is 4.09. The second-order valence-electron chi connectivity index (χ2n) is 5.04. The van der Waals surface area contributed by atoms with Crippen LogP contribution in [0.4, 0.5) is 0 Å². The summed E-state index contributed by atoms with van der Waals surface area (Å²) in [5, 5.41) is 0. The Morgan fingerprint density at radius 1 is 1.18 bits per heavy atom. The molecule has 3 heteroatoms. The van der Waals surface area contributed by atoms with Gasteiger partial charge in [-0.05, 0) is 46.1 Å². The van der Waals surface area contributed by atoms with E-state index in [9.17, 15) is 4.79 Å². The predicted octanol–water partition coefficient (Wildman–Crippen LogP) is 2.79. The molecule has 0 fully saturated rings. The van der Waals surface area contributed by atoms with Gasteiger partial charge in [-0.1, -0.05) is 19.8 Å². The first-order chi connectivity index (χ1) is 8.06. The Hall–Kier alpha value is -0.570. The standard InChI is InChI=1S/C14H30N2O/c1-5-7-13(10-11-15)8-9-14(17)16(6-2)12(3)4/h12-13H,5-11,15H2,1-4H3. The van der Waals surface area contributed by atoms with Crippen LogP contribution in [-0.2, 0) is 4.79 Å². The zero-order valence-electron chi connectivity index (χ0n) is 12.0. The van der Waals surface area contributed by atoms with E-state index in [0.29, 0.717) is 24.3 Å². The van der Waals surface area contributed by atoms with Crippen molar-refractivity contribution in [2.24, 2.45) is 11.7 Å². The first-order valence-electron chi connectivity index (χ1n) is 7.06. The lowest BCUT2D eigenvalue weighted by Crippen LogP contribution is -2.36. The third kappa shape index (κ3) is 6.67. The lowest BCUT2D eigenvalue weighted by molar-refractivity contribution is -0.133. The van der Waals surface area contributed by atoms with E-state index in [1.54, 1.807) is 0 Å². The van der Waals surface area contributed by atoms with Crippen molar-refractivity contribution in [3.05, 3.63) is 0 Å². The molecular weight excluding hydrogens is 212 g/mol. The van der Waals surface area contributed by atoms with Gasteiger partial charge < -0.3 is 10.6 Å². The lowest BCUT2D eigenvalue weighted by atomic mass is 9.94. The molecule has 3 nitrogen and oxygen atoms in total. The average Bonchev–Trinajstić information content (AvgIpc) is 2.27. The van der Waals surface area contributed by atoms with Crippen LogP contribution in [0.5, 0.6) is 0 Å². The Labute approximate surface area is 107 Å². The summed E-state index contributed by atoms with van der Waals surface area (Å²) in [5.74, 6) is 0.917. The highest BCUT2D eigenvalue weighted by Gasteiger charge is 2.16. The van der Waals surface area contributed by atoms with Crippen molar-refractivity contribution in [1.82, 2.24) is 4.90 Å². The van der Waals surface area contributed by atoms with Crippen molar-refractivity contribution in [1.29, 1.82) is 0 Å². The van der Waals surface area contributed by atoms with Gasteiger partial charge in [-0.25, -0.2) is 0 Å². The van der Waals surface area contributed by atoms with Crippen LogP contribution in [0.3, 0.4) is 0 Å². The molecule has 0 aliphatic carbocycles. The van der Waals surface area contributed by atoms with Crippen LogP contribution in [0.25, 0.3) is 0 Å². The number of hydrogen-bond acceptors (Lipinski definition) is 2. The molecule has 1 atom stereocenters. The third-order valence-corrected chi connectivity index (χ3v) is 3.32. The molecule has 0 aliphatic heterocycles. The second-order valence-corrected chi connectivity index (χ2v) is 5.04. The predicted molar refractivity (Wildman–Crippen MR) is 73.8 cm³/mol. The van der Waals surface area contributed by atoms with E-state index in [0.717, 1.165) is 25.9 Å². The van der Waals surface area contributed by atoms with Crippen LogP contribution < -0.4 is 5.73 Å². The van der Waals surface area contributed by atoms with Crippen molar-refractivity contribution in [2.75, 3.05) is 13.1 Å². The molecular formula is C14H30N2O. The van der Waals surface area contributed by atoms with E-state index in [4.69, 9.17) is 5.73 Å². The van der Waals surface area contributed by atoms with Crippen LogP contribution in [0.15, 0.2) is 0 Å². The van der Waals surface area contributed by atoms with Crippen molar-refractivity contribution in [3.63, 3.8) is 0 Å². The summed E-state index contributed by atoms with van der Waals surface area (Å²) in [6.07, 6.45) is 5.09. The highest BCUT2D eigenvalue weighted by atomic mass is 16.2. The quantitative estimate of drug-likeness (QED) is 0.676. The molecule has 102 valence electrons. The molecule has 0 saturated heterocycles. The number of amides is 1. The minimum absolute atomic E-state index is 0.292. The summed E-state index contributed by atoms with van der Waals surface area (Å²) in [6.45, 7) is 9.93. The monoisotopic (exact) mass is 242 g/mol. The van der Waals surface area contributed by atoms with Gasteiger partial charge in [-0.3, -0.25) is 4.79 Å². The van der Waals surface area contributed by atoms with Gasteiger partial charge >= 0.3 is 0 Å². The number of hydrogen-bond donors (Lipinski definition) is 1. The van der Waals surface area contributed by atoms with Gasteiger partial charge in [0.1, 0.15) is 0 Å². The maximum atomic E-state index is 12.0. The average molecular weight is 242 g/mol. The highest BCUT2D eigenvalue weighted by molar-refractivity contribution is 5.76. The zero-order chi connectivity index (χ0) is 13.3. The minimum Gasteiger partial charge on any atom is -0.341 e. The van der Waals surface area contributed by atoms with Crippen molar-refractivity contribution in [2.45, 2.75) is 65.8 Å².